The number of piperazine rings is 1. The maximum absolute atomic E-state index is 13.7. The van der Waals surface area contributed by atoms with Gasteiger partial charge in [-0.3, -0.25) is 4.90 Å². The first-order chi connectivity index (χ1) is 16.0. The number of likely N-dealkylation sites (N-methyl/N-ethyl adjacent to an activating group) is 1. The van der Waals surface area contributed by atoms with E-state index in [0.717, 1.165) is 70.2 Å². The quantitative estimate of drug-likeness (QED) is 0.490. The van der Waals surface area contributed by atoms with Crippen molar-refractivity contribution in [2.45, 2.75) is 40.3 Å². The van der Waals surface area contributed by atoms with Gasteiger partial charge in [0.25, 0.3) is 0 Å². The van der Waals surface area contributed by atoms with Gasteiger partial charge in [0, 0.05) is 63.8 Å². The van der Waals surface area contributed by atoms with Gasteiger partial charge in [0.15, 0.2) is 0 Å². The second kappa shape index (κ2) is 10.5. The van der Waals surface area contributed by atoms with Gasteiger partial charge in [-0.2, -0.15) is 5.10 Å². The summed E-state index contributed by atoms with van der Waals surface area (Å²) in [5.41, 5.74) is 4.63. The normalized spacial score (nSPS) is 15.0. The topological polar surface area (TPSA) is 32.5 Å². The van der Waals surface area contributed by atoms with Crippen LogP contribution in [-0.4, -0.2) is 63.4 Å². The monoisotopic (exact) mass is 452 g/mol. The van der Waals surface area contributed by atoms with Crippen molar-refractivity contribution in [3.05, 3.63) is 65.4 Å². The summed E-state index contributed by atoms with van der Waals surface area (Å²) in [6, 6.07) is 11.0. The third kappa shape index (κ3) is 5.14. The maximum Gasteiger partial charge on any atom is 0.137 e. The Morgan fingerprint density at radius 2 is 1.70 bits per heavy atom. The van der Waals surface area contributed by atoms with Crippen molar-refractivity contribution in [2.24, 2.45) is 7.05 Å². The van der Waals surface area contributed by atoms with Gasteiger partial charge in [-0.25, -0.2) is 9.07 Å². The Kier molecular flexibility index (Phi) is 7.50. The van der Waals surface area contributed by atoms with Gasteiger partial charge in [0.2, 0.25) is 0 Å². The Balaban J connectivity index is 1.72. The Hall–Kier alpha value is -2.64. The van der Waals surface area contributed by atoms with Crippen LogP contribution >= 0.6 is 0 Å². The van der Waals surface area contributed by atoms with Gasteiger partial charge >= 0.3 is 0 Å². The highest BCUT2D eigenvalue weighted by atomic mass is 19.1. The summed E-state index contributed by atoms with van der Waals surface area (Å²) in [6.07, 6.45) is 2.97. The highest BCUT2D eigenvalue weighted by Gasteiger charge is 2.27. The van der Waals surface area contributed by atoms with Crippen molar-refractivity contribution in [3.63, 3.8) is 0 Å². The Morgan fingerprint density at radius 1 is 0.970 bits per heavy atom. The molecule has 1 aromatic carbocycles. The number of benzene rings is 1. The van der Waals surface area contributed by atoms with Crippen molar-refractivity contribution in [2.75, 3.05) is 44.2 Å². The lowest BCUT2D eigenvalue weighted by Crippen LogP contribution is -2.47. The number of rotatable bonds is 9. The number of nitrogens with zero attached hydrogens (tertiary/aromatic N) is 6. The summed E-state index contributed by atoms with van der Waals surface area (Å²) in [5.74, 6) is 0.944. The van der Waals surface area contributed by atoms with Crippen molar-refractivity contribution in [1.29, 1.82) is 0 Å². The summed E-state index contributed by atoms with van der Waals surface area (Å²) < 4.78 is 17.9. The van der Waals surface area contributed by atoms with Crippen molar-refractivity contribution >= 4 is 5.82 Å². The number of aryl methyl sites for hydroxylation is 2. The zero-order chi connectivity index (χ0) is 23.4. The van der Waals surface area contributed by atoms with E-state index < -0.39 is 0 Å². The first-order valence-electron chi connectivity index (χ1n) is 12.2. The zero-order valence-electron chi connectivity index (χ0n) is 20.5. The lowest BCUT2D eigenvalue weighted by atomic mass is 10.1. The lowest BCUT2D eigenvalue weighted by molar-refractivity contribution is 0.260. The van der Waals surface area contributed by atoms with Crippen LogP contribution in [0, 0.1) is 5.82 Å². The minimum atomic E-state index is -0.223. The Morgan fingerprint density at radius 3 is 2.27 bits per heavy atom. The predicted molar refractivity (Wildman–Crippen MR) is 132 cm³/mol. The SMILES string of the molecule is CCc1nn(-c2ccc(F)cc2)c(N2CCN(CC)CC2)c1CN(CC)Cc1cccn1C. The van der Waals surface area contributed by atoms with Crippen LogP contribution < -0.4 is 4.90 Å². The van der Waals surface area contributed by atoms with Crippen LogP contribution in [0.15, 0.2) is 42.6 Å². The highest BCUT2D eigenvalue weighted by molar-refractivity contribution is 5.56. The largest absolute Gasteiger partial charge is 0.354 e. The van der Waals surface area contributed by atoms with Gasteiger partial charge in [-0.05, 0) is 55.9 Å². The number of hydrogen-bond donors (Lipinski definition) is 0. The number of anilines is 1. The molecule has 1 aliphatic rings. The molecular weight excluding hydrogens is 415 g/mol. The summed E-state index contributed by atoms with van der Waals surface area (Å²) in [5, 5.41) is 5.05. The average molecular weight is 453 g/mol. The first-order valence-corrected chi connectivity index (χ1v) is 12.2. The van der Waals surface area contributed by atoms with E-state index in [-0.39, 0.29) is 5.82 Å². The fourth-order valence-corrected chi connectivity index (χ4v) is 4.69. The van der Waals surface area contributed by atoms with Crippen LogP contribution in [0.25, 0.3) is 5.69 Å². The van der Waals surface area contributed by atoms with E-state index in [0.29, 0.717) is 0 Å². The number of halogens is 1. The molecule has 4 rings (SSSR count). The first kappa shape index (κ1) is 23.5. The van der Waals surface area contributed by atoms with E-state index in [9.17, 15) is 4.39 Å². The molecule has 3 aromatic rings. The van der Waals surface area contributed by atoms with Gasteiger partial charge < -0.3 is 14.4 Å². The molecule has 0 amide bonds. The van der Waals surface area contributed by atoms with Crippen LogP contribution in [0.2, 0.25) is 0 Å². The van der Waals surface area contributed by atoms with E-state index in [1.165, 1.54) is 29.2 Å². The van der Waals surface area contributed by atoms with E-state index in [4.69, 9.17) is 5.10 Å². The molecule has 178 valence electrons. The van der Waals surface area contributed by atoms with E-state index in [1.807, 2.05) is 16.8 Å². The predicted octanol–water partition coefficient (Wildman–Crippen LogP) is 4.08. The molecule has 3 heterocycles. The average Bonchev–Trinajstić information content (AvgIpc) is 3.42. The maximum atomic E-state index is 13.7. The van der Waals surface area contributed by atoms with E-state index in [1.54, 1.807) is 0 Å². The molecule has 6 nitrogen and oxygen atoms in total. The number of hydrogen-bond acceptors (Lipinski definition) is 4. The second-order valence-corrected chi connectivity index (χ2v) is 8.83. The molecular formula is C26H37FN6. The molecule has 2 aromatic heterocycles. The summed E-state index contributed by atoms with van der Waals surface area (Å²) >= 11 is 0. The molecule has 0 bridgehead atoms. The standard InChI is InChI=1S/C26H37FN6/c1-5-25-24(20-31(7-3)19-23-9-8-14-29(23)4)26(32-17-15-30(6-2)16-18-32)33(28-25)22-12-10-21(27)11-13-22/h8-14H,5-7,15-20H2,1-4H3. The molecule has 33 heavy (non-hydrogen) atoms. The van der Waals surface area contributed by atoms with Crippen molar-refractivity contribution in [1.82, 2.24) is 24.1 Å². The minimum Gasteiger partial charge on any atom is -0.354 e. The van der Waals surface area contributed by atoms with E-state index in [2.05, 4.69) is 65.4 Å². The van der Waals surface area contributed by atoms with Crippen molar-refractivity contribution < 1.29 is 4.39 Å². The Bertz CT molecular complexity index is 1030. The minimum absolute atomic E-state index is 0.223. The van der Waals surface area contributed by atoms with Crippen LogP contribution in [-0.2, 0) is 26.6 Å². The molecule has 0 aliphatic carbocycles. The fourth-order valence-electron chi connectivity index (χ4n) is 4.69. The molecule has 0 unspecified atom stereocenters. The molecule has 1 fully saturated rings. The lowest BCUT2D eigenvalue weighted by Gasteiger charge is -2.36. The molecule has 7 heteroatoms. The number of aromatic nitrogens is 3. The Labute approximate surface area is 197 Å². The third-order valence-electron chi connectivity index (χ3n) is 6.83. The molecule has 1 saturated heterocycles. The molecule has 0 atom stereocenters. The van der Waals surface area contributed by atoms with Crippen molar-refractivity contribution in [3.8, 4) is 5.69 Å². The smallest absolute Gasteiger partial charge is 0.137 e. The fraction of sp³-hybridized carbons (Fsp3) is 0.500. The summed E-state index contributed by atoms with van der Waals surface area (Å²) in [6.45, 7) is 14.4. The van der Waals surface area contributed by atoms with E-state index >= 15 is 0 Å². The van der Waals surface area contributed by atoms with Crippen LogP contribution in [0.3, 0.4) is 0 Å². The van der Waals surface area contributed by atoms with Crippen LogP contribution in [0.5, 0.6) is 0 Å². The molecule has 0 N–H and O–H groups in total. The zero-order valence-corrected chi connectivity index (χ0v) is 20.5. The highest BCUT2D eigenvalue weighted by Crippen LogP contribution is 2.31. The van der Waals surface area contributed by atoms with Crippen LogP contribution in [0.4, 0.5) is 10.2 Å². The third-order valence-corrected chi connectivity index (χ3v) is 6.83. The molecule has 0 radical (unpaired) electrons. The van der Waals surface area contributed by atoms with Crippen LogP contribution in [0.1, 0.15) is 37.7 Å². The van der Waals surface area contributed by atoms with Gasteiger partial charge in [0.05, 0.1) is 11.4 Å². The molecule has 1 aliphatic heterocycles. The second-order valence-electron chi connectivity index (χ2n) is 8.83. The summed E-state index contributed by atoms with van der Waals surface area (Å²) in [7, 11) is 2.10. The summed E-state index contributed by atoms with van der Waals surface area (Å²) in [4.78, 5) is 7.45. The van der Waals surface area contributed by atoms with Gasteiger partial charge in [0.1, 0.15) is 11.6 Å². The van der Waals surface area contributed by atoms with Gasteiger partial charge in [-0.15, -0.1) is 0 Å². The molecule has 0 spiro atoms. The van der Waals surface area contributed by atoms with Gasteiger partial charge in [-0.1, -0.05) is 20.8 Å². The molecule has 0 saturated carbocycles.